The van der Waals surface area contributed by atoms with E-state index in [-0.39, 0.29) is 0 Å². The Kier molecular flexibility index (Phi) is 11.8. The predicted molar refractivity (Wildman–Crippen MR) is 149 cm³/mol. The van der Waals surface area contributed by atoms with Crippen LogP contribution < -0.4 is 0 Å². The maximum absolute atomic E-state index is 10.7. The van der Waals surface area contributed by atoms with Crippen LogP contribution in [0.15, 0.2) is 72.8 Å². The third kappa shape index (κ3) is 31.8. The van der Waals surface area contributed by atoms with Crippen LogP contribution in [-0.2, 0) is 0 Å². The molecule has 0 atom stereocenters. The van der Waals surface area contributed by atoms with Gasteiger partial charge in [-0.25, -0.2) is 9.15 Å². The van der Waals surface area contributed by atoms with Gasteiger partial charge in [-0.3, -0.25) is 0 Å². The summed E-state index contributed by atoms with van der Waals surface area (Å²) in [5, 5.41) is 0. The summed E-state index contributed by atoms with van der Waals surface area (Å²) in [6, 6.07) is 20.8. The molecule has 0 spiro atoms. The van der Waals surface area contributed by atoms with E-state index >= 15 is 0 Å². The third-order valence-corrected chi connectivity index (χ3v) is 5.05. The fourth-order valence-corrected chi connectivity index (χ4v) is 3.46. The quantitative estimate of drug-likeness (QED) is 0.175. The molecule has 2 fully saturated rings. The number of halogens is 12. The minimum absolute atomic E-state index is 1.22. The normalized spacial score (nSPS) is 18.7. The topological polar surface area (TPSA) is 6.02 Å². The van der Waals surface area contributed by atoms with Crippen molar-refractivity contribution in [1.82, 2.24) is 0 Å². The van der Waals surface area contributed by atoms with E-state index < -0.39 is 15.6 Å². The average molecular weight is 662 g/mol. The van der Waals surface area contributed by atoms with E-state index in [1.54, 1.807) is 0 Å². The van der Waals surface area contributed by atoms with Gasteiger partial charge < -0.3 is 0 Å². The Bertz CT molecular complexity index is 1100. The molecule has 2 heterocycles. The molecule has 0 bridgehead atoms. The van der Waals surface area contributed by atoms with Crippen molar-refractivity contribution >= 4 is 40.2 Å². The molecule has 2 aromatic rings. The molecular weight excluding hydrogens is 630 g/mol. The molecule has 2 aliphatic heterocycles. The number of hydrogen-bond donors (Lipinski definition) is 0. The Labute approximate surface area is 235 Å². The van der Waals surface area contributed by atoms with Gasteiger partial charge >= 0.3 is 66.0 Å². The number of benzene rings is 2. The summed E-state index contributed by atoms with van der Waals surface area (Å²) >= 11 is 0. The zero-order chi connectivity index (χ0) is 32.1. The molecule has 0 aliphatic carbocycles. The molecule has 0 amide bonds. The molecule has 0 aromatic heterocycles. The van der Waals surface area contributed by atoms with Gasteiger partial charge in [-0.1, -0.05) is 60.7 Å². The van der Waals surface area contributed by atoms with Crippen molar-refractivity contribution < 1.29 is 59.5 Å². The predicted octanol–water partition coefficient (Wildman–Crippen LogP) is 11.9. The van der Waals surface area contributed by atoms with Crippen LogP contribution >= 0.6 is 15.6 Å². The fourth-order valence-electron chi connectivity index (χ4n) is 3.46. The van der Waals surface area contributed by atoms with Crippen molar-refractivity contribution in [3.8, 4) is 0 Å². The summed E-state index contributed by atoms with van der Waals surface area (Å²) < 4.78 is 123. The van der Waals surface area contributed by atoms with Gasteiger partial charge in [0.05, 0.1) is 0 Å². The first-order chi connectivity index (χ1) is 18.8. The number of rotatable bonds is 4. The van der Waals surface area contributed by atoms with Crippen LogP contribution in [0.3, 0.4) is 0 Å². The molecule has 2 saturated heterocycles. The van der Waals surface area contributed by atoms with Crippen molar-refractivity contribution in [2.45, 2.75) is 25.7 Å². The number of hydrogen-bond acceptors (Lipinski definition) is 0. The van der Waals surface area contributed by atoms with Crippen LogP contribution in [0.4, 0.5) is 50.4 Å². The molecule has 42 heavy (non-hydrogen) atoms. The van der Waals surface area contributed by atoms with E-state index in [4.69, 9.17) is 0 Å². The van der Waals surface area contributed by atoms with Gasteiger partial charge in [0, 0.05) is 37.8 Å². The summed E-state index contributed by atoms with van der Waals surface area (Å²) in [4.78, 5) is 0. The molecule has 0 radical (unpaired) electrons. The van der Waals surface area contributed by atoms with Crippen LogP contribution in [0.2, 0.25) is 0 Å². The van der Waals surface area contributed by atoms with Crippen molar-refractivity contribution in [2.24, 2.45) is 0 Å². The number of nitrogens with zero attached hydrogens (tertiary/aromatic N) is 2. The van der Waals surface area contributed by atoms with Gasteiger partial charge in [0.15, 0.2) is 12.4 Å². The van der Waals surface area contributed by atoms with Crippen molar-refractivity contribution in [1.29, 1.82) is 0 Å². The molecule has 2 nitrogen and oxygen atoms in total. The second-order valence-corrected chi connectivity index (χ2v) is 13.1. The van der Waals surface area contributed by atoms with E-state index in [9.17, 15) is 50.4 Å². The molecule has 240 valence electrons. The van der Waals surface area contributed by atoms with E-state index in [0.717, 1.165) is 0 Å². The molecule has 0 unspecified atom stereocenters. The Hall–Kier alpha value is -2.72. The van der Waals surface area contributed by atoms with Gasteiger partial charge in [0.1, 0.15) is 26.2 Å². The SMILES string of the molecule is C(/C=C/c1ccccc1)=[N+]1CCCC1.C(/C=C/c1ccccc1)=[N+]1CCCC1.F[P-](F)(F)(F)(F)F.F[P-](F)(F)(F)(F)F. The second-order valence-electron chi connectivity index (χ2n) is 9.24. The maximum atomic E-state index is 9.87. The monoisotopic (exact) mass is 662 g/mol. The minimum atomic E-state index is -10.7. The van der Waals surface area contributed by atoms with Gasteiger partial charge in [-0.05, 0) is 23.3 Å². The third-order valence-electron chi connectivity index (χ3n) is 5.05. The standard InChI is InChI=1S/2C13H16N.2F6P/c2*1-2-7-13(8-3-1)9-6-12-14-10-4-5-11-14;2*1-7(2,3,4,5)6/h2*1-3,6-9,12H,4-5,10-11H2;;/q2*+1;2*-1/b2*9-6+;;. The fraction of sp³-hybridized carbons (Fsp3) is 0.308. The van der Waals surface area contributed by atoms with Gasteiger partial charge in [0.25, 0.3) is 0 Å². The average Bonchev–Trinajstić information content (AvgIpc) is 3.52. The van der Waals surface area contributed by atoms with Crippen LogP contribution in [0.1, 0.15) is 36.8 Å². The van der Waals surface area contributed by atoms with Crippen LogP contribution in [0, 0.1) is 0 Å². The second kappa shape index (κ2) is 13.3. The van der Waals surface area contributed by atoms with Crippen LogP contribution in [0.5, 0.6) is 0 Å². The van der Waals surface area contributed by atoms with Crippen LogP contribution in [0.25, 0.3) is 12.2 Å². The summed E-state index contributed by atoms with van der Waals surface area (Å²) in [6.45, 7) is 4.89. The van der Waals surface area contributed by atoms with Gasteiger partial charge in [-0.15, -0.1) is 0 Å². The molecule has 16 heteroatoms. The zero-order valence-corrected chi connectivity index (χ0v) is 24.0. The van der Waals surface area contributed by atoms with Crippen molar-refractivity contribution in [3.63, 3.8) is 0 Å². The summed E-state index contributed by atoms with van der Waals surface area (Å²) in [6.07, 6.45) is 18.3. The number of allylic oxidation sites excluding steroid dienone is 2. The van der Waals surface area contributed by atoms with E-state index in [0.29, 0.717) is 0 Å². The Morgan fingerprint density at radius 2 is 0.667 bits per heavy atom. The molecular formula is C26H32F12N2P2. The molecule has 0 N–H and O–H groups in total. The first-order valence-electron chi connectivity index (χ1n) is 12.5. The zero-order valence-electron chi connectivity index (χ0n) is 22.2. The first-order valence-corrected chi connectivity index (χ1v) is 16.6. The van der Waals surface area contributed by atoms with Gasteiger partial charge in [-0.2, -0.15) is 0 Å². The van der Waals surface area contributed by atoms with Crippen molar-refractivity contribution in [3.05, 3.63) is 83.9 Å². The molecule has 2 aliphatic rings. The summed E-state index contributed by atoms with van der Waals surface area (Å²) in [7, 11) is -21.3. The van der Waals surface area contributed by atoms with Gasteiger partial charge in [0.2, 0.25) is 0 Å². The van der Waals surface area contributed by atoms with Crippen molar-refractivity contribution in [2.75, 3.05) is 26.2 Å². The van der Waals surface area contributed by atoms with E-state index in [1.165, 1.54) is 63.0 Å². The Morgan fingerprint density at radius 3 is 0.905 bits per heavy atom. The summed E-state index contributed by atoms with van der Waals surface area (Å²) in [5.41, 5.74) is 2.53. The summed E-state index contributed by atoms with van der Waals surface area (Å²) in [5.74, 6) is 0. The van der Waals surface area contributed by atoms with Crippen LogP contribution in [-0.4, -0.2) is 47.8 Å². The van der Waals surface area contributed by atoms with E-state index in [1.807, 2.05) is 12.1 Å². The molecule has 0 saturated carbocycles. The molecule has 2 aromatic carbocycles. The first kappa shape index (κ1) is 37.3. The Balaban J connectivity index is 0.000000297. The molecule has 4 rings (SSSR count). The Morgan fingerprint density at radius 1 is 0.429 bits per heavy atom. The van der Waals surface area contributed by atoms with E-state index in [2.05, 4.69) is 94.4 Å².